The molecule has 0 aliphatic rings. The second-order valence-electron chi connectivity index (χ2n) is 1.81. The second-order valence-corrected chi connectivity index (χ2v) is 2.37. The first-order chi connectivity index (χ1) is 5.33. The molecule has 3 heteroatoms. The van der Waals surface area contributed by atoms with Crippen molar-refractivity contribution >= 4 is 15.9 Å². The molecule has 0 bridgehead atoms. The number of aryl methyl sites for hydroxylation is 1. The van der Waals surface area contributed by atoms with E-state index in [0.29, 0.717) is 0 Å². The van der Waals surface area contributed by atoms with Crippen LogP contribution >= 0.6 is 15.9 Å². The highest BCUT2D eigenvalue weighted by molar-refractivity contribution is 9.08. The van der Waals surface area contributed by atoms with Gasteiger partial charge in [0, 0.05) is 12.4 Å². The fourth-order valence-corrected chi connectivity index (χ4v) is 0.778. The van der Waals surface area contributed by atoms with Crippen molar-refractivity contribution in [2.75, 3.05) is 0 Å². The summed E-state index contributed by atoms with van der Waals surface area (Å²) in [6, 6.07) is 0. The van der Waals surface area contributed by atoms with E-state index in [1.165, 1.54) is 0 Å². The lowest BCUT2D eigenvalue weighted by Gasteiger charge is -1.91. The molecule has 1 rings (SSSR count). The van der Waals surface area contributed by atoms with Crippen molar-refractivity contribution in [3.05, 3.63) is 23.8 Å². The molecule has 0 radical (unpaired) electrons. The minimum absolute atomic E-state index is 0.729. The predicted octanol–water partition coefficient (Wildman–Crippen LogP) is 2.71. The van der Waals surface area contributed by atoms with Gasteiger partial charge in [-0.2, -0.15) is 0 Å². The Bertz CT molecular complexity index is 184. The van der Waals surface area contributed by atoms with Gasteiger partial charge in [0.2, 0.25) is 0 Å². The lowest BCUT2D eigenvalue weighted by Crippen LogP contribution is -1.89. The van der Waals surface area contributed by atoms with Gasteiger partial charge in [-0.15, -0.1) is 0 Å². The van der Waals surface area contributed by atoms with Gasteiger partial charge in [0.05, 0.1) is 5.33 Å². The number of aromatic nitrogens is 2. The van der Waals surface area contributed by atoms with Gasteiger partial charge >= 0.3 is 0 Å². The predicted molar refractivity (Wildman–Crippen MR) is 50.7 cm³/mol. The molecular formula is C8H13BrN2. The fourth-order valence-electron chi connectivity index (χ4n) is 0.488. The van der Waals surface area contributed by atoms with E-state index in [1.807, 2.05) is 33.2 Å². The molecule has 0 fully saturated rings. The second kappa shape index (κ2) is 6.28. The molecule has 0 N–H and O–H groups in total. The Kier molecular flexibility index (Phi) is 6.03. The Morgan fingerprint density at radius 2 is 1.73 bits per heavy atom. The molecule has 0 spiro atoms. The molecule has 0 aromatic carbocycles. The molecule has 0 atom stereocenters. The first-order valence-corrected chi connectivity index (χ1v) is 4.78. The zero-order valence-electron chi connectivity index (χ0n) is 7.13. The summed E-state index contributed by atoms with van der Waals surface area (Å²) in [5.74, 6) is 0.834. The van der Waals surface area contributed by atoms with Crippen LogP contribution in [0.4, 0.5) is 0 Å². The number of halogens is 1. The van der Waals surface area contributed by atoms with E-state index in [4.69, 9.17) is 0 Å². The third-order valence-corrected chi connectivity index (χ3v) is 1.46. The number of nitrogens with zero attached hydrogens (tertiary/aromatic N) is 2. The summed E-state index contributed by atoms with van der Waals surface area (Å²) >= 11 is 3.26. The van der Waals surface area contributed by atoms with Crippen molar-refractivity contribution < 1.29 is 0 Å². The van der Waals surface area contributed by atoms with E-state index in [1.54, 1.807) is 0 Å². The summed E-state index contributed by atoms with van der Waals surface area (Å²) in [6.07, 6.45) is 3.62. The minimum Gasteiger partial charge on any atom is -0.240 e. The summed E-state index contributed by atoms with van der Waals surface area (Å²) in [4.78, 5) is 8.08. The topological polar surface area (TPSA) is 25.8 Å². The quantitative estimate of drug-likeness (QED) is 0.676. The van der Waals surface area contributed by atoms with Crippen molar-refractivity contribution in [2.24, 2.45) is 0 Å². The number of hydrogen-bond donors (Lipinski definition) is 0. The van der Waals surface area contributed by atoms with Crippen LogP contribution in [0.1, 0.15) is 25.2 Å². The largest absolute Gasteiger partial charge is 0.240 e. The van der Waals surface area contributed by atoms with E-state index in [0.717, 1.165) is 16.7 Å². The molecule has 1 aromatic rings. The molecule has 0 saturated heterocycles. The van der Waals surface area contributed by atoms with Crippen LogP contribution in [0, 0.1) is 6.92 Å². The highest BCUT2D eigenvalue weighted by atomic mass is 79.9. The molecule has 2 nitrogen and oxygen atoms in total. The SMILES string of the molecule is CC.Cc1cnc(CBr)nc1. The van der Waals surface area contributed by atoms with Crippen LogP contribution in [0.5, 0.6) is 0 Å². The van der Waals surface area contributed by atoms with Gasteiger partial charge in [-0.3, -0.25) is 0 Å². The van der Waals surface area contributed by atoms with Gasteiger partial charge < -0.3 is 0 Å². The summed E-state index contributed by atoms with van der Waals surface area (Å²) < 4.78 is 0. The molecule has 0 unspecified atom stereocenters. The molecule has 62 valence electrons. The first-order valence-electron chi connectivity index (χ1n) is 3.66. The Morgan fingerprint density at radius 1 is 1.27 bits per heavy atom. The third kappa shape index (κ3) is 4.09. The molecule has 1 heterocycles. The number of hydrogen-bond acceptors (Lipinski definition) is 2. The van der Waals surface area contributed by atoms with Crippen LogP contribution in [0.25, 0.3) is 0 Å². The third-order valence-electron chi connectivity index (χ3n) is 0.954. The zero-order chi connectivity index (χ0) is 8.69. The summed E-state index contributed by atoms with van der Waals surface area (Å²) in [7, 11) is 0. The van der Waals surface area contributed by atoms with Crippen molar-refractivity contribution in [3.8, 4) is 0 Å². The molecule has 1 aromatic heterocycles. The lowest BCUT2D eigenvalue weighted by molar-refractivity contribution is 1.02. The molecule has 0 aliphatic carbocycles. The molecule has 0 saturated carbocycles. The van der Waals surface area contributed by atoms with Crippen LogP contribution in [0.2, 0.25) is 0 Å². The summed E-state index contributed by atoms with van der Waals surface area (Å²) in [5, 5.41) is 0.729. The highest BCUT2D eigenvalue weighted by Crippen LogP contribution is 1.97. The van der Waals surface area contributed by atoms with Crippen molar-refractivity contribution in [1.82, 2.24) is 9.97 Å². The summed E-state index contributed by atoms with van der Waals surface area (Å²) in [6.45, 7) is 5.97. The maximum atomic E-state index is 4.04. The van der Waals surface area contributed by atoms with E-state index in [-0.39, 0.29) is 0 Å². The van der Waals surface area contributed by atoms with Gasteiger partial charge in [0.25, 0.3) is 0 Å². The van der Waals surface area contributed by atoms with Gasteiger partial charge in [0.1, 0.15) is 5.82 Å². The standard InChI is InChI=1S/C6H7BrN2.C2H6/c1-5-3-8-6(2-7)9-4-5;1-2/h3-4H,2H2,1H3;1-2H3. The average Bonchev–Trinajstić information content (AvgIpc) is 2.10. The van der Waals surface area contributed by atoms with Gasteiger partial charge in [-0.25, -0.2) is 9.97 Å². The Hall–Kier alpha value is -0.440. The normalized spacial score (nSPS) is 8.36. The molecular weight excluding hydrogens is 204 g/mol. The van der Waals surface area contributed by atoms with Crippen LogP contribution in [-0.4, -0.2) is 9.97 Å². The maximum absolute atomic E-state index is 4.04. The van der Waals surface area contributed by atoms with Crippen molar-refractivity contribution in [2.45, 2.75) is 26.1 Å². The van der Waals surface area contributed by atoms with E-state index in [2.05, 4.69) is 25.9 Å². The van der Waals surface area contributed by atoms with Gasteiger partial charge in [0.15, 0.2) is 0 Å². The van der Waals surface area contributed by atoms with Crippen LogP contribution in [0.15, 0.2) is 12.4 Å². The van der Waals surface area contributed by atoms with Crippen molar-refractivity contribution in [1.29, 1.82) is 0 Å². The molecule has 0 aliphatic heterocycles. The zero-order valence-corrected chi connectivity index (χ0v) is 8.72. The number of rotatable bonds is 1. The van der Waals surface area contributed by atoms with Crippen LogP contribution < -0.4 is 0 Å². The first kappa shape index (κ1) is 10.6. The van der Waals surface area contributed by atoms with E-state index >= 15 is 0 Å². The lowest BCUT2D eigenvalue weighted by atomic mass is 10.4. The maximum Gasteiger partial charge on any atom is 0.138 e. The van der Waals surface area contributed by atoms with Gasteiger partial charge in [-0.1, -0.05) is 29.8 Å². The summed E-state index contributed by atoms with van der Waals surface area (Å²) in [5.41, 5.74) is 1.10. The van der Waals surface area contributed by atoms with Gasteiger partial charge in [-0.05, 0) is 12.5 Å². The monoisotopic (exact) mass is 216 g/mol. The van der Waals surface area contributed by atoms with Crippen molar-refractivity contribution in [3.63, 3.8) is 0 Å². The Labute approximate surface area is 76.2 Å². The van der Waals surface area contributed by atoms with Crippen LogP contribution in [-0.2, 0) is 5.33 Å². The molecule has 11 heavy (non-hydrogen) atoms. The highest BCUT2D eigenvalue weighted by Gasteiger charge is 1.89. The number of alkyl halides is 1. The average molecular weight is 217 g/mol. The Morgan fingerprint density at radius 3 is 2.09 bits per heavy atom. The van der Waals surface area contributed by atoms with E-state index in [9.17, 15) is 0 Å². The smallest absolute Gasteiger partial charge is 0.138 e. The minimum atomic E-state index is 0.729. The van der Waals surface area contributed by atoms with E-state index < -0.39 is 0 Å². The Balaban J connectivity index is 0.000000461. The molecule has 0 amide bonds. The fraction of sp³-hybridized carbons (Fsp3) is 0.500. The van der Waals surface area contributed by atoms with Crippen LogP contribution in [0.3, 0.4) is 0 Å².